The summed E-state index contributed by atoms with van der Waals surface area (Å²) in [6.07, 6.45) is 1.72. The number of methoxy groups -OCH3 is 4. The lowest BCUT2D eigenvalue weighted by molar-refractivity contribution is 0.0958. The first kappa shape index (κ1) is 25.4. The van der Waals surface area contributed by atoms with Gasteiger partial charge in [0.15, 0.2) is 0 Å². The van der Waals surface area contributed by atoms with Crippen molar-refractivity contribution < 1.29 is 23.7 Å². The lowest BCUT2D eigenvalue weighted by Gasteiger charge is -2.39. The second-order valence-electron chi connectivity index (χ2n) is 8.79. The van der Waals surface area contributed by atoms with Gasteiger partial charge in [0, 0.05) is 54.6 Å². The average molecular weight is 491 g/mol. The first-order valence-corrected chi connectivity index (χ1v) is 12.1. The van der Waals surface area contributed by atoms with Crippen LogP contribution in [-0.4, -0.2) is 58.4 Å². The van der Waals surface area contributed by atoms with Crippen LogP contribution in [0.3, 0.4) is 0 Å². The van der Waals surface area contributed by atoms with Gasteiger partial charge in [-0.05, 0) is 55.3 Å². The van der Waals surface area contributed by atoms with Crippen LogP contribution >= 0.6 is 0 Å². The SMILES string of the molecule is COc1ccc(C(=O)N(c2cccc(OC)c2)C2CCN(Cc3ccc(OC)cc3OC)CC2)cc1. The van der Waals surface area contributed by atoms with Crippen molar-refractivity contribution in [1.29, 1.82) is 0 Å². The van der Waals surface area contributed by atoms with E-state index in [9.17, 15) is 4.79 Å². The predicted octanol–water partition coefficient (Wildman–Crippen LogP) is 5.03. The van der Waals surface area contributed by atoms with E-state index in [1.54, 1.807) is 28.4 Å². The van der Waals surface area contributed by atoms with Crippen LogP contribution < -0.4 is 23.8 Å². The maximum absolute atomic E-state index is 13.8. The fourth-order valence-corrected chi connectivity index (χ4v) is 4.69. The van der Waals surface area contributed by atoms with Crippen molar-refractivity contribution >= 4 is 11.6 Å². The highest BCUT2D eigenvalue weighted by Gasteiger charge is 2.30. The molecule has 0 bridgehead atoms. The van der Waals surface area contributed by atoms with Gasteiger partial charge >= 0.3 is 0 Å². The molecule has 1 heterocycles. The van der Waals surface area contributed by atoms with Gasteiger partial charge in [-0.25, -0.2) is 0 Å². The van der Waals surface area contributed by atoms with Crippen LogP contribution in [-0.2, 0) is 6.54 Å². The number of likely N-dealkylation sites (tertiary alicyclic amines) is 1. The minimum Gasteiger partial charge on any atom is -0.497 e. The summed E-state index contributed by atoms with van der Waals surface area (Å²) in [5.74, 6) is 3.02. The topological polar surface area (TPSA) is 60.5 Å². The van der Waals surface area contributed by atoms with Crippen molar-refractivity contribution in [3.8, 4) is 23.0 Å². The second-order valence-corrected chi connectivity index (χ2v) is 8.79. The van der Waals surface area contributed by atoms with Crippen molar-refractivity contribution in [2.24, 2.45) is 0 Å². The van der Waals surface area contributed by atoms with Crippen molar-refractivity contribution in [3.05, 3.63) is 77.9 Å². The molecular weight excluding hydrogens is 456 g/mol. The number of amides is 1. The number of carbonyl (C=O) groups excluding carboxylic acids is 1. The zero-order valence-corrected chi connectivity index (χ0v) is 21.4. The van der Waals surface area contributed by atoms with Crippen molar-refractivity contribution in [2.75, 3.05) is 46.4 Å². The lowest BCUT2D eigenvalue weighted by Crippen LogP contribution is -2.47. The molecule has 0 atom stereocenters. The van der Waals surface area contributed by atoms with Crippen molar-refractivity contribution in [1.82, 2.24) is 4.90 Å². The monoisotopic (exact) mass is 490 g/mol. The Morgan fingerprint density at radius 1 is 0.806 bits per heavy atom. The Kier molecular flexibility index (Phi) is 8.33. The number of piperidine rings is 1. The molecule has 0 aliphatic carbocycles. The Morgan fingerprint density at radius 2 is 1.44 bits per heavy atom. The normalized spacial score (nSPS) is 14.2. The minimum absolute atomic E-state index is 0.0267. The molecule has 4 rings (SSSR count). The van der Waals surface area contributed by atoms with E-state index in [1.165, 1.54) is 0 Å². The molecule has 0 saturated carbocycles. The second kappa shape index (κ2) is 11.8. The quantitative estimate of drug-likeness (QED) is 0.419. The first-order valence-electron chi connectivity index (χ1n) is 12.1. The highest BCUT2D eigenvalue weighted by molar-refractivity contribution is 6.06. The van der Waals surface area contributed by atoms with E-state index in [0.29, 0.717) is 5.56 Å². The average Bonchev–Trinajstić information content (AvgIpc) is 2.94. The smallest absolute Gasteiger partial charge is 0.258 e. The molecule has 0 aromatic heterocycles. The van der Waals surface area contributed by atoms with E-state index < -0.39 is 0 Å². The summed E-state index contributed by atoms with van der Waals surface area (Å²) in [4.78, 5) is 18.1. The third kappa shape index (κ3) is 5.74. The summed E-state index contributed by atoms with van der Waals surface area (Å²) in [5.41, 5.74) is 2.59. The standard InChI is InChI=1S/C29H34N2O5/c1-33-25-11-8-21(9-12-25)29(32)31(24-6-5-7-26(18-24)34-2)23-14-16-30(17-15-23)20-22-10-13-27(35-3)19-28(22)36-4/h5-13,18-19,23H,14-17,20H2,1-4H3. The number of hydrogen-bond acceptors (Lipinski definition) is 6. The number of carbonyl (C=O) groups is 1. The Bertz CT molecular complexity index is 1160. The summed E-state index contributed by atoms with van der Waals surface area (Å²) >= 11 is 0. The van der Waals surface area contributed by atoms with E-state index in [4.69, 9.17) is 18.9 Å². The van der Waals surface area contributed by atoms with Gasteiger partial charge in [0.2, 0.25) is 0 Å². The van der Waals surface area contributed by atoms with Crippen molar-refractivity contribution in [2.45, 2.75) is 25.4 Å². The molecule has 36 heavy (non-hydrogen) atoms. The zero-order valence-electron chi connectivity index (χ0n) is 21.4. The van der Waals surface area contributed by atoms with E-state index in [0.717, 1.165) is 66.7 Å². The number of ether oxygens (including phenoxy) is 4. The van der Waals surface area contributed by atoms with E-state index in [-0.39, 0.29) is 11.9 Å². The molecule has 190 valence electrons. The maximum Gasteiger partial charge on any atom is 0.258 e. The van der Waals surface area contributed by atoms with E-state index >= 15 is 0 Å². The van der Waals surface area contributed by atoms with Crippen LogP contribution in [0.25, 0.3) is 0 Å². The molecule has 7 nitrogen and oxygen atoms in total. The molecule has 1 aliphatic rings. The number of nitrogens with zero attached hydrogens (tertiary/aromatic N) is 2. The Labute approximate surface area is 213 Å². The Morgan fingerprint density at radius 3 is 2.08 bits per heavy atom. The highest BCUT2D eigenvalue weighted by Crippen LogP contribution is 2.31. The molecule has 0 radical (unpaired) electrons. The highest BCUT2D eigenvalue weighted by atomic mass is 16.5. The summed E-state index contributed by atoms with van der Waals surface area (Å²) in [5, 5.41) is 0. The Hall–Kier alpha value is -3.71. The van der Waals surface area contributed by atoms with Crippen LogP contribution in [0.2, 0.25) is 0 Å². The molecular formula is C29H34N2O5. The van der Waals surface area contributed by atoms with Gasteiger partial charge < -0.3 is 23.8 Å². The van der Waals surface area contributed by atoms with E-state index in [2.05, 4.69) is 11.0 Å². The van der Waals surface area contributed by atoms with Crippen LogP contribution in [0, 0.1) is 0 Å². The summed E-state index contributed by atoms with van der Waals surface area (Å²) in [7, 11) is 6.59. The molecule has 1 aliphatic heterocycles. The fourth-order valence-electron chi connectivity index (χ4n) is 4.69. The van der Waals surface area contributed by atoms with Gasteiger partial charge in [-0.15, -0.1) is 0 Å². The third-order valence-corrected chi connectivity index (χ3v) is 6.70. The molecule has 1 amide bonds. The number of hydrogen-bond donors (Lipinski definition) is 0. The molecule has 0 spiro atoms. The largest absolute Gasteiger partial charge is 0.497 e. The number of rotatable bonds is 9. The van der Waals surface area contributed by atoms with Gasteiger partial charge in [-0.3, -0.25) is 9.69 Å². The maximum atomic E-state index is 13.8. The van der Waals surface area contributed by atoms with Gasteiger partial charge in [-0.1, -0.05) is 12.1 Å². The lowest BCUT2D eigenvalue weighted by atomic mass is 10.00. The Balaban J connectivity index is 1.52. The third-order valence-electron chi connectivity index (χ3n) is 6.70. The van der Waals surface area contributed by atoms with Gasteiger partial charge in [0.1, 0.15) is 23.0 Å². The molecule has 0 unspecified atom stereocenters. The molecule has 7 heteroatoms. The summed E-state index contributed by atoms with van der Waals surface area (Å²) < 4.78 is 21.6. The zero-order chi connectivity index (χ0) is 25.5. The van der Waals surface area contributed by atoms with Gasteiger partial charge in [0.05, 0.1) is 28.4 Å². The fraction of sp³-hybridized carbons (Fsp3) is 0.345. The molecule has 3 aromatic carbocycles. The first-order chi connectivity index (χ1) is 17.6. The van der Waals surface area contributed by atoms with Crippen LogP contribution in [0.4, 0.5) is 5.69 Å². The number of benzene rings is 3. The van der Waals surface area contributed by atoms with Crippen LogP contribution in [0.15, 0.2) is 66.7 Å². The van der Waals surface area contributed by atoms with Gasteiger partial charge in [-0.2, -0.15) is 0 Å². The predicted molar refractivity (Wildman–Crippen MR) is 141 cm³/mol. The minimum atomic E-state index is -0.0267. The van der Waals surface area contributed by atoms with Crippen LogP contribution in [0.5, 0.6) is 23.0 Å². The number of anilines is 1. The summed E-state index contributed by atoms with van der Waals surface area (Å²) in [6, 6.07) is 21.0. The summed E-state index contributed by atoms with van der Waals surface area (Å²) in [6.45, 7) is 2.53. The van der Waals surface area contributed by atoms with E-state index in [1.807, 2.05) is 65.6 Å². The molecule has 3 aromatic rings. The molecule has 1 saturated heterocycles. The van der Waals surface area contributed by atoms with Crippen molar-refractivity contribution in [3.63, 3.8) is 0 Å². The molecule has 1 fully saturated rings. The van der Waals surface area contributed by atoms with Gasteiger partial charge in [0.25, 0.3) is 5.91 Å². The van der Waals surface area contributed by atoms with Crippen LogP contribution in [0.1, 0.15) is 28.8 Å². The molecule has 0 N–H and O–H groups in total.